The summed E-state index contributed by atoms with van der Waals surface area (Å²) in [5.41, 5.74) is 9.26. The Kier molecular flexibility index (Phi) is 1.58. The fourth-order valence-corrected chi connectivity index (χ4v) is 1.06. The van der Waals surface area contributed by atoms with Gasteiger partial charge in [-0.05, 0) is 0 Å². The molecule has 4 heteroatoms. The van der Waals surface area contributed by atoms with E-state index in [0.717, 1.165) is 0 Å². The van der Waals surface area contributed by atoms with Crippen molar-refractivity contribution >= 4 is 11.6 Å². The first-order valence-corrected chi connectivity index (χ1v) is 3.17. The molecule has 4 nitrogen and oxygen atoms in total. The molecule has 0 radical (unpaired) electrons. The second kappa shape index (κ2) is 2.14. The molecule has 0 aromatic carbocycles. The molecular formula is C6H10N2O2. The highest BCUT2D eigenvalue weighted by Crippen LogP contribution is 2.18. The number of rotatable bonds is 1. The normalized spacial score (nSPS) is 23.8. The molecule has 0 bridgehead atoms. The van der Waals surface area contributed by atoms with E-state index in [2.05, 4.69) is 0 Å². The summed E-state index contributed by atoms with van der Waals surface area (Å²) < 4.78 is 0. The van der Waals surface area contributed by atoms with Gasteiger partial charge >= 0.3 is 0 Å². The number of hydrogen-bond acceptors (Lipinski definition) is 4. The first kappa shape index (κ1) is 7.37. The van der Waals surface area contributed by atoms with Crippen molar-refractivity contribution in [3.8, 4) is 0 Å². The Labute approximate surface area is 58.6 Å². The molecule has 0 atom stereocenters. The SMILES string of the molecule is NCC1(N)C(=O)CCC1=O. The Morgan fingerprint density at radius 1 is 1.30 bits per heavy atom. The van der Waals surface area contributed by atoms with E-state index in [1.54, 1.807) is 0 Å². The standard InChI is InChI=1S/C6H10N2O2/c7-3-6(8)4(9)1-2-5(6)10/h1-3,7-8H2. The summed E-state index contributed by atoms with van der Waals surface area (Å²) >= 11 is 0. The van der Waals surface area contributed by atoms with Crippen LogP contribution >= 0.6 is 0 Å². The number of Topliss-reactive ketones (excluding diaryl/α,β-unsaturated/α-hetero) is 2. The van der Waals surface area contributed by atoms with Gasteiger partial charge in [0.1, 0.15) is 5.54 Å². The van der Waals surface area contributed by atoms with Crippen LogP contribution in [0.4, 0.5) is 0 Å². The van der Waals surface area contributed by atoms with E-state index < -0.39 is 5.54 Å². The maximum Gasteiger partial charge on any atom is 0.161 e. The van der Waals surface area contributed by atoms with Gasteiger partial charge in [0.05, 0.1) is 0 Å². The average molecular weight is 142 g/mol. The minimum absolute atomic E-state index is 0.0648. The van der Waals surface area contributed by atoms with Crippen LogP contribution in [-0.2, 0) is 9.59 Å². The van der Waals surface area contributed by atoms with Gasteiger partial charge in [-0.15, -0.1) is 0 Å². The van der Waals surface area contributed by atoms with Gasteiger partial charge in [0.25, 0.3) is 0 Å². The maximum atomic E-state index is 10.9. The van der Waals surface area contributed by atoms with E-state index in [9.17, 15) is 9.59 Å². The van der Waals surface area contributed by atoms with Gasteiger partial charge in [-0.25, -0.2) is 0 Å². The molecule has 4 N–H and O–H groups in total. The second-order valence-electron chi connectivity index (χ2n) is 2.52. The van der Waals surface area contributed by atoms with Gasteiger partial charge in [0.15, 0.2) is 11.6 Å². The first-order valence-electron chi connectivity index (χ1n) is 3.17. The molecule has 1 aliphatic rings. The molecule has 10 heavy (non-hydrogen) atoms. The van der Waals surface area contributed by atoms with Crippen molar-refractivity contribution in [1.29, 1.82) is 0 Å². The predicted octanol–water partition coefficient (Wildman–Crippen LogP) is -1.43. The van der Waals surface area contributed by atoms with E-state index >= 15 is 0 Å². The number of ketones is 2. The molecule has 56 valence electrons. The largest absolute Gasteiger partial charge is 0.328 e. The second-order valence-corrected chi connectivity index (χ2v) is 2.52. The van der Waals surface area contributed by atoms with Gasteiger partial charge in [0, 0.05) is 19.4 Å². The topological polar surface area (TPSA) is 86.2 Å². The third-order valence-electron chi connectivity index (χ3n) is 1.90. The fourth-order valence-electron chi connectivity index (χ4n) is 1.06. The van der Waals surface area contributed by atoms with Crippen LogP contribution in [0, 0.1) is 0 Å². The highest BCUT2D eigenvalue weighted by Gasteiger charge is 2.44. The molecule has 0 unspecified atom stereocenters. The lowest BCUT2D eigenvalue weighted by atomic mass is 9.97. The maximum absolute atomic E-state index is 10.9. The van der Waals surface area contributed by atoms with Crippen molar-refractivity contribution in [2.24, 2.45) is 11.5 Å². The third-order valence-corrected chi connectivity index (χ3v) is 1.90. The molecule has 1 fully saturated rings. The predicted molar refractivity (Wildman–Crippen MR) is 35.2 cm³/mol. The highest BCUT2D eigenvalue weighted by molar-refractivity contribution is 6.17. The lowest BCUT2D eigenvalue weighted by Crippen LogP contribution is -2.55. The van der Waals surface area contributed by atoms with E-state index in [1.165, 1.54) is 0 Å². The first-order chi connectivity index (χ1) is 4.61. The van der Waals surface area contributed by atoms with Crippen LogP contribution in [0.2, 0.25) is 0 Å². The summed E-state index contributed by atoms with van der Waals surface area (Å²) in [6.45, 7) is -0.0648. The summed E-state index contributed by atoms with van der Waals surface area (Å²) in [5, 5.41) is 0. The Morgan fingerprint density at radius 3 is 1.90 bits per heavy atom. The molecule has 0 saturated heterocycles. The highest BCUT2D eigenvalue weighted by atomic mass is 16.2. The van der Waals surface area contributed by atoms with Crippen LogP contribution in [0.15, 0.2) is 0 Å². The minimum atomic E-state index is -1.35. The molecule has 0 spiro atoms. The average Bonchev–Trinajstić information content (AvgIpc) is 2.18. The number of nitrogens with two attached hydrogens (primary N) is 2. The molecule has 0 heterocycles. The van der Waals surface area contributed by atoms with Gasteiger partial charge in [-0.2, -0.15) is 0 Å². The molecule has 1 rings (SSSR count). The minimum Gasteiger partial charge on any atom is -0.328 e. The Hall–Kier alpha value is -0.740. The number of carbonyl (C=O) groups is 2. The van der Waals surface area contributed by atoms with Crippen molar-refractivity contribution in [2.75, 3.05) is 6.54 Å². The Morgan fingerprint density at radius 2 is 1.70 bits per heavy atom. The number of carbonyl (C=O) groups excluding carboxylic acids is 2. The van der Waals surface area contributed by atoms with Gasteiger partial charge < -0.3 is 11.5 Å². The molecule has 1 saturated carbocycles. The van der Waals surface area contributed by atoms with Crippen LogP contribution in [-0.4, -0.2) is 23.7 Å². The van der Waals surface area contributed by atoms with E-state index in [1.807, 2.05) is 0 Å². The zero-order chi connectivity index (χ0) is 7.78. The lowest BCUT2D eigenvalue weighted by Gasteiger charge is -2.16. The van der Waals surface area contributed by atoms with Crippen molar-refractivity contribution in [1.82, 2.24) is 0 Å². The van der Waals surface area contributed by atoms with E-state index in [0.29, 0.717) is 0 Å². The Bertz CT molecular complexity index is 172. The molecule has 0 aliphatic heterocycles. The van der Waals surface area contributed by atoms with Gasteiger partial charge in [-0.1, -0.05) is 0 Å². The van der Waals surface area contributed by atoms with Crippen LogP contribution in [0.5, 0.6) is 0 Å². The molecule has 0 aromatic heterocycles. The number of hydrogen-bond donors (Lipinski definition) is 2. The zero-order valence-electron chi connectivity index (χ0n) is 5.59. The fraction of sp³-hybridized carbons (Fsp3) is 0.667. The zero-order valence-corrected chi connectivity index (χ0v) is 5.59. The van der Waals surface area contributed by atoms with Crippen LogP contribution in [0.3, 0.4) is 0 Å². The molecular weight excluding hydrogens is 132 g/mol. The quantitative estimate of drug-likeness (QED) is 0.440. The van der Waals surface area contributed by atoms with Gasteiger partial charge in [0.2, 0.25) is 0 Å². The van der Waals surface area contributed by atoms with Crippen LogP contribution in [0.25, 0.3) is 0 Å². The summed E-state index contributed by atoms with van der Waals surface area (Å²) in [4.78, 5) is 21.8. The monoisotopic (exact) mass is 142 g/mol. The third kappa shape index (κ3) is 0.767. The molecule has 0 amide bonds. The summed E-state index contributed by atoms with van der Waals surface area (Å²) in [5.74, 6) is -0.444. The van der Waals surface area contributed by atoms with Crippen molar-refractivity contribution < 1.29 is 9.59 Å². The Balaban J connectivity index is 2.90. The summed E-state index contributed by atoms with van der Waals surface area (Å²) in [7, 11) is 0. The van der Waals surface area contributed by atoms with E-state index in [-0.39, 0.29) is 31.0 Å². The summed E-state index contributed by atoms with van der Waals surface area (Å²) in [6, 6.07) is 0. The van der Waals surface area contributed by atoms with Crippen molar-refractivity contribution in [2.45, 2.75) is 18.4 Å². The lowest BCUT2D eigenvalue weighted by molar-refractivity contribution is -0.128. The van der Waals surface area contributed by atoms with Gasteiger partial charge in [-0.3, -0.25) is 9.59 Å². The molecule has 1 aliphatic carbocycles. The van der Waals surface area contributed by atoms with Crippen molar-refractivity contribution in [3.05, 3.63) is 0 Å². The summed E-state index contributed by atoms with van der Waals surface area (Å²) in [6.07, 6.45) is 0.513. The van der Waals surface area contributed by atoms with E-state index in [4.69, 9.17) is 11.5 Å². The van der Waals surface area contributed by atoms with Crippen LogP contribution < -0.4 is 11.5 Å². The van der Waals surface area contributed by atoms with Crippen LogP contribution in [0.1, 0.15) is 12.8 Å². The molecule has 0 aromatic rings. The van der Waals surface area contributed by atoms with Crippen molar-refractivity contribution in [3.63, 3.8) is 0 Å². The smallest absolute Gasteiger partial charge is 0.161 e.